The summed E-state index contributed by atoms with van der Waals surface area (Å²) in [5, 5.41) is 13.6. The van der Waals surface area contributed by atoms with E-state index in [0.29, 0.717) is 31.6 Å². The first-order valence-corrected chi connectivity index (χ1v) is 16.0. The minimum absolute atomic E-state index is 0.100. The maximum atomic E-state index is 12.8. The van der Waals surface area contributed by atoms with Crippen LogP contribution >= 0.6 is 0 Å². The fraction of sp³-hybridized carbons (Fsp3) is 0.382. The zero-order valence-electron chi connectivity index (χ0n) is 24.3. The van der Waals surface area contributed by atoms with E-state index >= 15 is 0 Å². The molecule has 0 radical (unpaired) electrons. The van der Waals surface area contributed by atoms with Crippen LogP contribution < -0.4 is 10.4 Å². The Bertz CT molecular complexity index is 1220. The van der Waals surface area contributed by atoms with Crippen molar-refractivity contribution in [1.29, 1.82) is 0 Å². The second kappa shape index (κ2) is 12.6. The van der Waals surface area contributed by atoms with E-state index in [1.165, 1.54) is 10.4 Å². The van der Waals surface area contributed by atoms with Gasteiger partial charge in [0.1, 0.15) is 17.8 Å². The molecule has 0 saturated carbocycles. The molecular formula is C34H42O5Si. The minimum Gasteiger partial charge on any atom is -0.456 e. The van der Waals surface area contributed by atoms with Crippen molar-refractivity contribution < 1.29 is 23.8 Å². The molecule has 1 unspecified atom stereocenters. The molecule has 1 fully saturated rings. The van der Waals surface area contributed by atoms with Crippen molar-refractivity contribution in [2.24, 2.45) is 0 Å². The van der Waals surface area contributed by atoms with Crippen LogP contribution in [0.4, 0.5) is 0 Å². The van der Waals surface area contributed by atoms with E-state index in [-0.39, 0.29) is 11.1 Å². The van der Waals surface area contributed by atoms with Crippen LogP contribution in [0.15, 0.2) is 103 Å². The highest BCUT2D eigenvalue weighted by molar-refractivity contribution is 6.99. The van der Waals surface area contributed by atoms with Gasteiger partial charge in [0.2, 0.25) is 0 Å². The Kier molecular flexibility index (Phi) is 9.47. The molecule has 0 aromatic heterocycles. The highest BCUT2D eigenvalue weighted by atomic mass is 28.4. The van der Waals surface area contributed by atoms with Gasteiger partial charge in [-0.1, -0.05) is 111 Å². The van der Waals surface area contributed by atoms with E-state index in [1.807, 2.05) is 18.2 Å². The summed E-state index contributed by atoms with van der Waals surface area (Å²) in [4.78, 5) is 12.8. The molecule has 3 aromatic rings. The average Bonchev–Trinajstić information content (AvgIpc) is 3.80. The zero-order chi connectivity index (χ0) is 28.8. The Morgan fingerprint density at radius 3 is 1.93 bits per heavy atom. The van der Waals surface area contributed by atoms with Crippen molar-refractivity contribution in [3.8, 4) is 0 Å². The predicted octanol–water partition coefficient (Wildman–Crippen LogP) is 5.66. The molecule has 1 saturated heterocycles. The molecule has 1 N–H and O–H groups in total. The van der Waals surface area contributed by atoms with Crippen molar-refractivity contribution in [2.75, 3.05) is 13.2 Å². The average molecular weight is 559 g/mol. The number of hydrogen-bond acceptors (Lipinski definition) is 5. The molecular weight excluding hydrogens is 516 g/mol. The molecule has 0 spiro atoms. The summed E-state index contributed by atoms with van der Waals surface area (Å²) in [6, 6.07) is 30.1. The van der Waals surface area contributed by atoms with E-state index in [1.54, 1.807) is 31.2 Å². The molecule has 6 heteroatoms. The smallest absolute Gasteiger partial charge is 0.338 e. The Labute approximate surface area is 239 Å². The number of carbonyl (C=O) groups is 1. The number of esters is 1. The van der Waals surface area contributed by atoms with Gasteiger partial charge in [-0.05, 0) is 54.2 Å². The third-order valence-electron chi connectivity index (χ3n) is 7.85. The molecule has 212 valence electrons. The largest absolute Gasteiger partial charge is 0.456 e. The summed E-state index contributed by atoms with van der Waals surface area (Å²) in [6.45, 7) is 11.5. The van der Waals surface area contributed by atoms with Gasteiger partial charge in [0.15, 0.2) is 0 Å². The Morgan fingerprint density at radius 1 is 0.950 bits per heavy atom. The Balaban J connectivity index is 1.50. The molecule has 40 heavy (non-hydrogen) atoms. The van der Waals surface area contributed by atoms with Crippen LogP contribution in [0.1, 0.15) is 57.8 Å². The van der Waals surface area contributed by atoms with Crippen LogP contribution in [0.2, 0.25) is 5.04 Å². The highest BCUT2D eigenvalue weighted by Crippen LogP contribution is 2.37. The van der Waals surface area contributed by atoms with Crippen molar-refractivity contribution in [3.05, 3.63) is 108 Å². The van der Waals surface area contributed by atoms with Crippen LogP contribution in [0.3, 0.4) is 0 Å². The van der Waals surface area contributed by atoms with Crippen molar-refractivity contribution >= 4 is 24.7 Å². The lowest BCUT2D eigenvalue weighted by atomic mass is 9.90. The molecule has 0 bridgehead atoms. The number of hydrogen-bond donors (Lipinski definition) is 1. The number of aliphatic hydroxyl groups is 1. The lowest BCUT2D eigenvalue weighted by Gasteiger charge is -2.42. The second-order valence-corrected chi connectivity index (χ2v) is 16.2. The lowest BCUT2D eigenvalue weighted by molar-refractivity contribution is -0.0905. The number of ether oxygens (including phenoxy) is 2. The van der Waals surface area contributed by atoms with Crippen LogP contribution in [-0.4, -0.2) is 50.4 Å². The summed E-state index contributed by atoms with van der Waals surface area (Å²) >= 11 is 0. The van der Waals surface area contributed by atoms with E-state index < -0.39 is 26.0 Å². The van der Waals surface area contributed by atoms with E-state index in [0.717, 1.165) is 5.57 Å². The number of benzene rings is 3. The minimum atomic E-state index is -2.63. The van der Waals surface area contributed by atoms with Gasteiger partial charge >= 0.3 is 5.97 Å². The maximum absolute atomic E-state index is 12.8. The molecule has 3 aromatic carbocycles. The fourth-order valence-corrected chi connectivity index (χ4v) is 9.85. The van der Waals surface area contributed by atoms with Crippen LogP contribution in [0.25, 0.3) is 0 Å². The SMILES string of the molecule is C/C(=C\CO[Si](c1ccccc1)(c1ccccc1)C(C)(C)C)CC[C@H](OC(=O)c1ccccc1)[C@@](C)(O)C1CO1. The van der Waals surface area contributed by atoms with Crippen LogP contribution in [0, 0.1) is 0 Å². The van der Waals surface area contributed by atoms with E-state index in [9.17, 15) is 9.90 Å². The molecule has 0 amide bonds. The topological polar surface area (TPSA) is 68.3 Å². The standard InChI is InChI=1S/C34H42O5Si/c1-26(21-22-30(34(5,36)31-25-37-31)39-32(35)27-15-9-6-10-16-27)23-24-38-40(33(2,3)4,28-17-11-7-12-18-28)29-19-13-8-14-20-29/h6-20,23,30-31,36H,21-22,24-25H2,1-5H3/b26-23+/t30-,31?,34+/m0/s1. The first-order chi connectivity index (χ1) is 19.1. The van der Waals surface area contributed by atoms with Crippen LogP contribution in [0.5, 0.6) is 0 Å². The summed E-state index contributed by atoms with van der Waals surface area (Å²) in [5.41, 5.74) is 0.313. The van der Waals surface area contributed by atoms with E-state index in [2.05, 4.69) is 82.3 Å². The molecule has 1 heterocycles. The molecule has 3 atom stereocenters. The van der Waals surface area contributed by atoms with Crippen molar-refractivity contribution in [2.45, 2.75) is 70.3 Å². The quantitative estimate of drug-likeness (QED) is 0.134. The summed E-state index contributed by atoms with van der Waals surface area (Å²) in [6.07, 6.45) is 2.22. The van der Waals surface area contributed by atoms with Crippen LogP contribution in [-0.2, 0) is 13.9 Å². The number of carbonyl (C=O) groups excluding carboxylic acids is 1. The molecule has 1 aliphatic rings. The summed E-state index contributed by atoms with van der Waals surface area (Å²) in [5.74, 6) is -0.442. The van der Waals surface area contributed by atoms with Gasteiger partial charge < -0.3 is 19.0 Å². The van der Waals surface area contributed by atoms with Gasteiger partial charge in [0, 0.05) is 0 Å². The third kappa shape index (κ3) is 6.81. The van der Waals surface area contributed by atoms with Gasteiger partial charge in [-0.15, -0.1) is 0 Å². The van der Waals surface area contributed by atoms with E-state index in [4.69, 9.17) is 13.9 Å². The Hall–Kier alpha value is -3.03. The molecule has 1 aliphatic heterocycles. The first kappa shape index (κ1) is 29.9. The first-order valence-electron chi connectivity index (χ1n) is 14.1. The highest BCUT2D eigenvalue weighted by Gasteiger charge is 2.50. The molecule has 5 nitrogen and oxygen atoms in total. The number of rotatable bonds is 12. The van der Waals surface area contributed by atoms with Gasteiger partial charge in [0.25, 0.3) is 8.32 Å². The van der Waals surface area contributed by atoms with Gasteiger partial charge in [0.05, 0.1) is 18.8 Å². The normalized spacial score (nSPS) is 18.1. The number of epoxide rings is 1. The van der Waals surface area contributed by atoms with Crippen molar-refractivity contribution in [1.82, 2.24) is 0 Å². The van der Waals surface area contributed by atoms with Gasteiger partial charge in [-0.2, -0.15) is 0 Å². The second-order valence-electron chi connectivity index (χ2n) is 11.9. The van der Waals surface area contributed by atoms with Crippen molar-refractivity contribution in [3.63, 3.8) is 0 Å². The summed E-state index contributed by atoms with van der Waals surface area (Å²) in [7, 11) is -2.63. The third-order valence-corrected chi connectivity index (χ3v) is 12.8. The zero-order valence-corrected chi connectivity index (χ0v) is 25.3. The lowest BCUT2D eigenvalue weighted by Crippen LogP contribution is -2.66. The Morgan fingerprint density at radius 2 is 1.45 bits per heavy atom. The summed E-state index contributed by atoms with van der Waals surface area (Å²) < 4.78 is 18.2. The molecule has 4 rings (SSSR count). The number of allylic oxidation sites excluding steroid dienone is 1. The fourth-order valence-electron chi connectivity index (χ4n) is 5.37. The monoisotopic (exact) mass is 558 g/mol. The van der Waals surface area contributed by atoms with Gasteiger partial charge in [-0.3, -0.25) is 0 Å². The maximum Gasteiger partial charge on any atom is 0.338 e. The van der Waals surface area contributed by atoms with Gasteiger partial charge in [-0.25, -0.2) is 4.79 Å². The molecule has 0 aliphatic carbocycles. The predicted molar refractivity (Wildman–Crippen MR) is 163 cm³/mol.